The molecule has 2 rings (SSSR count). The number of benzene rings is 1. The van der Waals surface area contributed by atoms with Crippen LogP contribution in [0.3, 0.4) is 0 Å². The molecule has 0 aromatic heterocycles. The molecule has 0 aliphatic heterocycles. The fraction of sp³-hybridized carbons (Fsp3) is 0.538. The summed E-state index contributed by atoms with van der Waals surface area (Å²) in [7, 11) is 0. The molecule has 1 aromatic carbocycles. The summed E-state index contributed by atoms with van der Waals surface area (Å²) in [6, 6.07) is 3.91. The van der Waals surface area contributed by atoms with Crippen molar-refractivity contribution < 1.29 is 8.78 Å². The summed E-state index contributed by atoms with van der Waals surface area (Å²) in [5.74, 6) is -0.221. The van der Waals surface area contributed by atoms with E-state index in [2.05, 4.69) is 12.2 Å². The molecule has 94 valence electrons. The summed E-state index contributed by atoms with van der Waals surface area (Å²) >= 11 is 0. The highest BCUT2D eigenvalue weighted by atomic mass is 19.2. The molecule has 0 amide bonds. The fourth-order valence-corrected chi connectivity index (χ4v) is 2.09. The first-order valence-electron chi connectivity index (χ1n) is 6.00. The second-order valence-electron chi connectivity index (χ2n) is 4.81. The van der Waals surface area contributed by atoms with Gasteiger partial charge in [0, 0.05) is 18.2 Å². The summed E-state index contributed by atoms with van der Waals surface area (Å²) in [6.45, 7) is 3.27. The Kier molecular flexibility index (Phi) is 3.74. The molecule has 3 atom stereocenters. The molecule has 17 heavy (non-hydrogen) atoms. The maximum Gasteiger partial charge on any atom is 0.163 e. The first kappa shape index (κ1) is 12.5. The Morgan fingerprint density at radius 2 is 2.18 bits per heavy atom. The molecule has 0 spiro atoms. The molecule has 1 fully saturated rings. The van der Waals surface area contributed by atoms with Gasteiger partial charge in [0.25, 0.3) is 0 Å². The zero-order valence-electron chi connectivity index (χ0n) is 9.92. The number of hydrogen-bond acceptors (Lipinski definition) is 2. The highest BCUT2D eigenvalue weighted by Gasteiger charge is 2.32. The van der Waals surface area contributed by atoms with E-state index in [-0.39, 0.29) is 12.6 Å². The lowest BCUT2D eigenvalue weighted by Gasteiger charge is -2.18. The standard InChI is InChI=1S/C13H18F2N2/c1-8-5-9(8)7-17-12(6-16)10-3-2-4-11(14)13(10)15/h2-4,8-9,12,17H,5-7,16H2,1H3. The lowest BCUT2D eigenvalue weighted by atomic mass is 10.1. The van der Waals surface area contributed by atoms with E-state index in [1.54, 1.807) is 6.07 Å². The smallest absolute Gasteiger partial charge is 0.163 e. The van der Waals surface area contributed by atoms with E-state index >= 15 is 0 Å². The fourth-order valence-electron chi connectivity index (χ4n) is 2.09. The third-order valence-corrected chi connectivity index (χ3v) is 3.50. The van der Waals surface area contributed by atoms with Gasteiger partial charge in [-0.05, 0) is 30.9 Å². The van der Waals surface area contributed by atoms with Crippen molar-refractivity contribution in [3.05, 3.63) is 35.4 Å². The van der Waals surface area contributed by atoms with E-state index < -0.39 is 11.6 Å². The number of halogens is 2. The highest BCUT2D eigenvalue weighted by molar-refractivity contribution is 5.23. The Morgan fingerprint density at radius 3 is 2.76 bits per heavy atom. The minimum atomic E-state index is -0.817. The number of nitrogens with two attached hydrogens (primary N) is 1. The van der Waals surface area contributed by atoms with Gasteiger partial charge < -0.3 is 11.1 Å². The van der Waals surface area contributed by atoms with Crippen molar-refractivity contribution in [3.63, 3.8) is 0 Å². The molecule has 3 unspecified atom stereocenters. The van der Waals surface area contributed by atoms with Crippen LogP contribution in [0.5, 0.6) is 0 Å². The van der Waals surface area contributed by atoms with Gasteiger partial charge >= 0.3 is 0 Å². The van der Waals surface area contributed by atoms with Gasteiger partial charge in [-0.15, -0.1) is 0 Å². The lowest BCUT2D eigenvalue weighted by molar-refractivity contribution is 0.456. The van der Waals surface area contributed by atoms with Crippen LogP contribution in [0.1, 0.15) is 24.9 Å². The Labute approximate surface area is 100 Å². The minimum absolute atomic E-state index is 0.265. The third-order valence-electron chi connectivity index (χ3n) is 3.50. The quantitative estimate of drug-likeness (QED) is 0.828. The maximum atomic E-state index is 13.6. The zero-order valence-corrected chi connectivity index (χ0v) is 9.92. The van der Waals surface area contributed by atoms with E-state index in [1.165, 1.54) is 12.5 Å². The second kappa shape index (κ2) is 5.10. The minimum Gasteiger partial charge on any atom is -0.329 e. The van der Waals surface area contributed by atoms with Crippen LogP contribution in [0.15, 0.2) is 18.2 Å². The monoisotopic (exact) mass is 240 g/mol. The molecular weight excluding hydrogens is 222 g/mol. The van der Waals surface area contributed by atoms with Gasteiger partial charge in [-0.1, -0.05) is 19.1 Å². The number of nitrogens with one attached hydrogen (secondary N) is 1. The predicted molar refractivity (Wildman–Crippen MR) is 63.4 cm³/mol. The molecule has 0 heterocycles. The molecule has 1 aliphatic rings. The molecule has 0 saturated heterocycles. The van der Waals surface area contributed by atoms with Crippen LogP contribution in [0, 0.1) is 23.5 Å². The number of hydrogen-bond donors (Lipinski definition) is 2. The van der Waals surface area contributed by atoms with Crippen molar-refractivity contribution in [2.24, 2.45) is 17.6 Å². The first-order chi connectivity index (χ1) is 8.13. The second-order valence-corrected chi connectivity index (χ2v) is 4.81. The molecule has 0 bridgehead atoms. The Hall–Kier alpha value is -1.00. The maximum absolute atomic E-state index is 13.6. The lowest BCUT2D eigenvalue weighted by Crippen LogP contribution is -2.31. The van der Waals surface area contributed by atoms with Crippen LogP contribution < -0.4 is 11.1 Å². The first-order valence-corrected chi connectivity index (χ1v) is 6.00. The molecule has 1 aromatic rings. The molecular formula is C13H18F2N2. The van der Waals surface area contributed by atoms with Gasteiger partial charge in [0.05, 0.1) is 0 Å². The van der Waals surface area contributed by atoms with Crippen LogP contribution >= 0.6 is 0 Å². The highest BCUT2D eigenvalue weighted by Crippen LogP contribution is 2.37. The van der Waals surface area contributed by atoms with Crippen LogP contribution in [0.4, 0.5) is 8.78 Å². The molecule has 4 heteroatoms. The van der Waals surface area contributed by atoms with Crippen molar-refractivity contribution in [2.75, 3.05) is 13.1 Å². The largest absolute Gasteiger partial charge is 0.329 e. The summed E-state index contributed by atoms with van der Waals surface area (Å²) < 4.78 is 26.7. The molecule has 3 N–H and O–H groups in total. The predicted octanol–water partition coefficient (Wildman–Crippen LogP) is 2.21. The van der Waals surface area contributed by atoms with Crippen molar-refractivity contribution in [1.82, 2.24) is 5.32 Å². The van der Waals surface area contributed by atoms with Crippen LogP contribution in [-0.2, 0) is 0 Å². The van der Waals surface area contributed by atoms with E-state index in [0.29, 0.717) is 11.5 Å². The van der Waals surface area contributed by atoms with Gasteiger partial charge in [0.15, 0.2) is 11.6 Å². The Balaban J connectivity index is 2.03. The topological polar surface area (TPSA) is 38.0 Å². The van der Waals surface area contributed by atoms with E-state index in [1.807, 2.05) is 0 Å². The summed E-state index contributed by atoms with van der Waals surface area (Å²) in [4.78, 5) is 0. The average Bonchev–Trinajstić information content (AvgIpc) is 3.01. The van der Waals surface area contributed by atoms with Crippen LogP contribution in [0.25, 0.3) is 0 Å². The number of rotatable bonds is 5. The van der Waals surface area contributed by atoms with Gasteiger partial charge in [-0.25, -0.2) is 8.78 Å². The Morgan fingerprint density at radius 1 is 1.47 bits per heavy atom. The summed E-state index contributed by atoms with van der Waals surface area (Å²) in [5, 5.41) is 3.21. The van der Waals surface area contributed by atoms with Crippen molar-refractivity contribution in [3.8, 4) is 0 Å². The van der Waals surface area contributed by atoms with Gasteiger partial charge in [-0.2, -0.15) is 0 Å². The van der Waals surface area contributed by atoms with Crippen molar-refractivity contribution >= 4 is 0 Å². The zero-order chi connectivity index (χ0) is 12.4. The summed E-state index contributed by atoms with van der Waals surface area (Å²) in [6.07, 6.45) is 1.20. The van der Waals surface area contributed by atoms with Gasteiger partial charge in [0.1, 0.15) is 0 Å². The van der Waals surface area contributed by atoms with Crippen LogP contribution in [0.2, 0.25) is 0 Å². The molecule has 1 aliphatic carbocycles. The third kappa shape index (κ3) is 2.82. The Bertz CT molecular complexity index is 395. The average molecular weight is 240 g/mol. The van der Waals surface area contributed by atoms with E-state index in [9.17, 15) is 8.78 Å². The normalized spacial score (nSPS) is 24.7. The SMILES string of the molecule is CC1CC1CNC(CN)c1cccc(F)c1F. The van der Waals surface area contributed by atoms with Crippen molar-refractivity contribution in [1.29, 1.82) is 0 Å². The van der Waals surface area contributed by atoms with Crippen molar-refractivity contribution in [2.45, 2.75) is 19.4 Å². The molecule has 2 nitrogen and oxygen atoms in total. The van der Waals surface area contributed by atoms with Gasteiger partial charge in [0.2, 0.25) is 0 Å². The molecule has 0 radical (unpaired) electrons. The van der Waals surface area contributed by atoms with Crippen LogP contribution in [-0.4, -0.2) is 13.1 Å². The van der Waals surface area contributed by atoms with Gasteiger partial charge in [-0.3, -0.25) is 0 Å². The summed E-state index contributed by atoms with van der Waals surface area (Å²) in [5.41, 5.74) is 5.93. The molecule has 1 saturated carbocycles. The van der Waals surface area contributed by atoms with E-state index in [0.717, 1.165) is 18.5 Å². The van der Waals surface area contributed by atoms with E-state index in [4.69, 9.17) is 5.73 Å².